The summed E-state index contributed by atoms with van der Waals surface area (Å²) in [6.45, 7) is 1.65. The highest BCUT2D eigenvalue weighted by molar-refractivity contribution is 5.96. The van der Waals surface area contributed by atoms with Crippen molar-refractivity contribution in [2.75, 3.05) is 19.8 Å². The van der Waals surface area contributed by atoms with E-state index in [1.54, 1.807) is 21.0 Å². The van der Waals surface area contributed by atoms with Crippen LogP contribution in [0, 0.1) is 6.92 Å². The number of nitrogen functional groups attached to an aromatic ring is 1. The second-order valence-electron chi connectivity index (χ2n) is 3.27. The first kappa shape index (κ1) is 10.3. The molecule has 0 aromatic carbocycles. The van der Waals surface area contributed by atoms with E-state index in [1.807, 2.05) is 0 Å². The number of nitrogens with two attached hydrogens (primary N) is 1. The number of H-pyrrole nitrogens is 1. The zero-order valence-electron chi connectivity index (χ0n) is 8.42. The Balaban J connectivity index is 3.40. The van der Waals surface area contributed by atoms with Crippen LogP contribution in [0.15, 0.2) is 11.0 Å². The van der Waals surface area contributed by atoms with Crippen molar-refractivity contribution in [1.29, 1.82) is 0 Å². The van der Waals surface area contributed by atoms with Crippen molar-refractivity contribution in [1.82, 2.24) is 9.88 Å². The summed E-state index contributed by atoms with van der Waals surface area (Å²) < 4.78 is 0. The molecule has 0 spiro atoms. The smallest absolute Gasteiger partial charge is 0.261 e. The first-order valence-corrected chi connectivity index (χ1v) is 4.14. The summed E-state index contributed by atoms with van der Waals surface area (Å²) in [5.74, 6) is -0.337. The fourth-order valence-electron chi connectivity index (χ4n) is 1.12. The van der Waals surface area contributed by atoms with Gasteiger partial charge in [0.1, 0.15) is 5.56 Å². The van der Waals surface area contributed by atoms with Gasteiger partial charge in [-0.25, -0.2) is 0 Å². The second-order valence-corrected chi connectivity index (χ2v) is 3.27. The van der Waals surface area contributed by atoms with Gasteiger partial charge in [-0.15, -0.1) is 0 Å². The van der Waals surface area contributed by atoms with E-state index in [0.717, 1.165) is 0 Å². The number of rotatable bonds is 1. The molecule has 1 heterocycles. The molecule has 0 aliphatic heterocycles. The molecule has 5 heteroatoms. The van der Waals surface area contributed by atoms with Gasteiger partial charge >= 0.3 is 0 Å². The lowest BCUT2D eigenvalue weighted by Crippen LogP contribution is -2.30. The van der Waals surface area contributed by atoms with E-state index >= 15 is 0 Å². The normalized spacial score (nSPS) is 9.93. The Labute approximate surface area is 81.5 Å². The molecule has 0 radical (unpaired) electrons. The van der Waals surface area contributed by atoms with Crippen molar-refractivity contribution in [3.63, 3.8) is 0 Å². The number of hydrogen-bond acceptors (Lipinski definition) is 3. The number of nitrogens with zero attached hydrogens (tertiary/aromatic N) is 1. The predicted octanol–water partition coefficient (Wildman–Crippen LogP) is -0.0327. The summed E-state index contributed by atoms with van der Waals surface area (Å²) in [6.07, 6.45) is 1.39. The Hall–Kier alpha value is -1.78. The molecule has 0 atom stereocenters. The highest BCUT2D eigenvalue weighted by atomic mass is 16.2. The number of amides is 1. The van der Waals surface area contributed by atoms with Gasteiger partial charge in [0.15, 0.2) is 0 Å². The first-order chi connectivity index (χ1) is 6.45. The lowest BCUT2D eigenvalue weighted by molar-refractivity contribution is 0.0825. The number of carbonyl (C=O) groups is 1. The van der Waals surface area contributed by atoms with E-state index in [1.165, 1.54) is 11.1 Å². The maximum atomic E-state index is 11.6. The van der Waals surface area contributed by atoms with Crippen molar-refractivity contribution in [2.24, 2.45) is 0 Å². The maximum absolute atomic E-state index is 11.6. The number of aromatic nitrogens is 1. The number of anilines is 1. The predicted molar refractivity (Wildman–Crippen MR) is 54.2 cm³/mol. The third kappa shape index (κ3) is 1.61. The van der Waals surface area contributed by atoms with Gasteiger partial charge in [0.05, 0.1) is 5.69 Å². The van der Waals surface area contributed by atoms with Gasteiger partial charge in [0, 0.05) is 20.3 Å². The molecule has 0 saturated carbocycles. The second kappa shape index (κ2) is 3.53. The molecule has 1 rings (SSSR count). The Kier molecular flexibility index (Phi) is 2.60. The van der Waals surface area contributed by atoms with Crippen molar-refractivity contribution < 1.29 is 4.79 Å². The minimum Gasteiger partial charge on any atom is -0.397 e. The van der Waals surface area contributed by atoms with Crippen LogP contribution >= 0.6 is 0 Å². The minimum absolute atomic E-state index is 0.106. The van der Waals surface area contributed by atoms with E-state index < -0.39 is 5.56 Å². The maximum Gasteiger partial charge on any atom is 0.261 e. The van der Waals surface area contributed by atoms with Gasteiger partial charge in [-0.2, -0.15) is 0 Å². The van der Waals surface area contributed by atoms with Crippen LogP contribution in [0.3, 0.4) is 0 Å². The summed E-state index contributed by atoms with van der Waals surface area (Å²) >= 11 is 0. The van der Waals surface area contributed by atoms with Crippen molar-refractivity contribution in [3.05, 3.63) is 27.7 Å². The molecular formula is C9H13N3O2. The number of nitrogens with one attached hydrogen (secondary N) is 1. The third-order valence-electron chi connectivity index (χ3n) is 2.01. The zero-order chi connectivity index (χ0) is 10.9. The van der Waals surface area contributed by atoms with E-state index in [0.29, 0.717) is 11.3 Å². The first-order valence-electron chi connectivity index (χ1n) is 4.14. The molecule has 0 aliphatic carbocycles. The summed E-state index contributed by atoms with van der Waals surface area (Å²) in [7, 11) is 3.18. The molecule has 1 aromatic rings. The topological polar surface area (TPSA) is 79.2 Å². The number of aromatic amines is 1. The standard InChI is InChI=1S/C9H13N3O2/c1-5-6(10)4-11-8(13)7(5)9(14)12(2)3/h4H,10H2,1-3H3,(H,11,13). The minimum atomic E-state index is -0.407. The average Bonchev–Trinajstić information content (AvgIpc) is 2.12. The van der Waals surface area contributed by atoms with Crippen molar-refractivity contribution in [3.8, 4) is 0 Å². The fourth-order valence-corrected chi connectivity index (χ4v) is 1.12. The van der Waals surface area contributed by atoms with Crippen molar-refractivity contribution in [2.45, 2.75) is 6.92 Å². The number of carbonyl (C=O) groups excluding carboxylic acids is 1. The molecule has 14 heavy (non-hydrogen) atoms. The van der Waals surface area contributed by atoms with Gasteiger partial charge in [-0.1, -0.05) is 0 Å². The molecule has 3 N–H and O–H groups in total. The van der Waals surface area contributed by atoms with Gasteiger partial charge in [0.2, 0.25) is 0 Å². The van der Waals surface area contributed by atoms with E-state index in [-0.39, 0.29) is 11.5 Å². The molecule has 0 aliphatic rings. The molecule has 0 fully saturated rings. The summed E-state index contributed by atoms with van der Waals surface area (Å²) in [4.78, 5) is 26.7. The molecule has 1 aromatic heterocycles. The molecule has 5 nitrogen and oxygen atoms in total. The van der Waals surface area contributed by atoms with Crippen LogP contribution in [-0.2, 0) is 0 Å². The summed E-state index contributed by atoms with van der Waals surface area (Å²) in [5, 5.41) is 0. The Morgan fingerprint density at radius 3 is 2.57 bits per heavy atom. The lowest BCUT2D eigenvalue weighted by atomic mass is 10.1. The zero-order valence-corrected chi connectivity index (χ0v) is 8.42. The quantitative estimate of drug-likeness (QED) is 0.660. The summed E-state index contributed by atoms with van der Waals surface area (Å²) in [5.41, 5.74) is 6.22. The largest absolute Gasteiger partial charge is 0.397 e. The Morgan fingerprint density at radius 1 is 1.50 bits per heavy atom. The van der Waals surface area contributed by atoms with Gasteiger partial charge in [-0.3, -0.25) is 9.59 Å². The molecule has 0 saturated heterocycles. The highest BCUT2D eigenvalue weighted by Crippen LogP contribution is 2.11. The van der Waals surface area contributed by atoms with Crippen LogP contribution in [-0.4, -0.2) is 29.9 Å². The van der Waals surface area contributed by atoms with Gasteiger partial charge < -0.3 is 15.6 Å². The number of hydrogen-bond donors (Lipinski definition) is 2. The number of pyridine rings is 1. The Morgan fingerprint density at radius 2 is 2.07 bits per heavy atom. The van der Waals surface area contributed by atoms with E-state index in [2.05, 4.69) is 4.98 Å². The van der Waals surface area contributed by atoms with Crippen LogP contribution in [0.2, 0.25) is 0 Å². The van der Waals surface area contributed by atoms with Crippen LogP contribution in [0.5, 0.6) is 0 Å². The van der Waals surface area contributed by atoms with Crippen LogP contribution in [0.25, 0.3) is 0 Å². The van der Waals surface area contributed by atoms with Gasteiger partial charge in [-0.05, 0) is 12.5 Å². The third-order valence-corrected chi connectivity index (χ3v) is 2.01. The average molecular weight is 195 g/mol. The van der Waals surface area contributed by atoms with Crippen LogP contribution in [0.1, 0.15) is 15.9 Å². The van der Waals surface area contributed by atoms with Crippen LogP contribution < -0.4 is 11.3 Å². The molecule has 0 bridgehead atoms. The highest BCUT2D eigenvalue weighted by Gasteiger charge is 2.16. The Bertz CT molecular complexity index is 421. The summed E-state index contributed by atoms with van der Waals surface area (Å²) in [6, 6.07) is 0. The fraction of sp³-hybridized carbons (Fsp3) is 0.333. The SMILES string of the molecule is Cc1c(N)c[nH]c(=O)c1C(=O)N(C)C. The van der Waals surface area contributed by atoms with Crippen LogP contribution in [0.4, 0.5) is 5.69 Å². The van der Waals surface area contributed by atoms with E-state index in [9.17, 15) is 9.59 Å². The molecule has 0 unspecified atom stereocenters. The lowest BCUT2D eigenvalue weighted by Gasteiger charge is -2.12. The monoisotopic (exact) mass is 195 g/mol. The van der Waals surface area contributed by atoms with Crippen molar-refractivity contribution >= 4 is 11.6 Å². The molecule has 1 amide bonds. The van der Waals surface area contributed by atoms with E-state index in [4.69, 9.17) is 5.73 Å². The molecular weight excluding hydrogens is 182 g/mol. The van der Waals surface area contributed by atoms with Gasteiger partial charge in [0.25, 0.3) is 11.5 Å². The molecule has 76 valence electrons.